The summed E-state index contributed by atoms with van der Waals surface area (Å²) in [6, 6.07) is 9.78. The highest BCUT2D eigenvalue weighted by Gasteiger charge is 2.19. The molecule has 1 saturated heterocycles. The summed E-state index contributed by atoms with van der Waals surface area (Å²) in [5.74, 6) is 0.976. The van der Waals surface area contributed by atoms with E-state index in [1.54, 1.807) is 0 Å². The predicted molar refractivity (Wildman–Crippen MR) is 90.6 cm³/mol. The van der Waals surface area contributed by atoms with Crippen molar-refractivity contribution < 1.29 is 0 Å². The van der Waals surface area contributed by atoms with Crippen LogP contribution < -0.4 is 5.32 Å². The second-order valence-electron chi connectivity index (χ2n) is 6.95. The van der Waals surface area contributed by atoms with Crippen LogP contribution in [0.2, 0.25) is 0 Å². The first kappa shape index (κ1) is 14.9. The van der Waals surface area contributed by atoms with Crippen LogP contribution >= 0.6 is 0 Å². The Kier molecular flexibility index (Phi) is 5.18. The molecule has 2 heteroatoms. The largest absolute Gasteiger partial charge is 0.382 e. The summed E-state index contributed by atoms with van der Waals surface area (Å²) in [6.45, 7) is 6.01. The monoisotopic (exact) mass is 286 g/mol. The number of anilines is 1. The van der Waals surface area contributed by atoms with E-state index in [4.69, 9.17) is 0 Å². The van der Waals surface area contributed by atoms with Crippen molar-refractivity contribution in [2.24, 2.45) is 5.92 Å². The fourth-order valence-corrected chi connectivity index (χ4v) is 3.91. The highest BCUT2D eigenvalue weighted by atomic mass is 15.1. The van der Waals surface area contributed by atoms with Crippen LogP contribution in [-0.4, -0.2) is 24.0 Å². The number of rotatable bonds is 5. The van der Waals surface area contributed by atoms with Gasteiger partial charge in [-0.15, -0.1) is 0 Å². The first-order valence-electron chi connectivity index (χ1n) is 8.91. The van der Waals surface area contributed by atoms with E-state index in [1.165, 1.54) is 69.3 Å². The van der Waals surface area contributed by atoms with Crippen LogP contribution in [0.25, 0.3) is 0 Å². The van der Waals surface area contributed by atoms with Gasteiger partial charge in [0.05, 0.1) is 0 Å². The molecule has 2 aliphatic rings. The third kappa shape index (κ3) is 4.23. The fourth-order valence-electron chi connectivity index (χ4n) is 3.91. The molecule has 0 radical (unpaired) electrons. The quantitative estimate of drug-likeness (QED) is 0.846. The standard InChI is InChI=1S/C19H30N2/c1-2-16-8-10-18(11-9-16)20-19-7-5-6-17(14-19)15-21-12-3-4-13-21/h5-7,14,16,18,20H,2-4,8-13,15H2,1H3. The Morgan fingerprint density at radius 3 is 2.57 bits per heavy atom. The zero-order chi connectivity index (χ0) is 14.5. The Bertz CT molecular complexity index is 429. The highest BCUT2D eigenvalue weighted by molar-refractivity contribution is 5.46. The zero-order valence-corrected chi connectivity index (χ0v) is 13.5. The maximum Gasteiger partial charge on any atom is 0.0345 e. The Balaban J connectivity index is 1.53. The summed E-state index contributed by atoms with van der Waals surface area (Å²) >= 11 is 0. The second-order valence-corrected chi connectivity index (χ2v) is 6.95. The van der Waals surface area contributed by atoms with Crippen molar-refractivity contribution in [2.75, 3.05) is 18.4 Å². The molecular formula is C19H30N2. The number of hydrogen-bond acceptors (Lipinski definition) is 2. The lowest BCUT2D eigenvalue weighted by Crippen LogP contribution is -2.26. The van der Waals surface area contributed by atoms with Crippen molar-refractivity contribution in [2.45, 2.75) is 64.5 Å². The molecule has 0 spiro atoms. The first-order chi connectivity index (χ1) is 10.3. The molecule has 0 amide bonds. The van der Waals surface area contributed by atoms with E-state index in [9.17, 15) is 0 Å². The minimum atomic E-state index is 0.690. The van der Waals surface area contributed by atoms with Gasteiger partial charge in [0.15, 0.2) is 0 Å². The smallest absolute Gasteiger partial charge is 0.0345 e. The van der Waals surface area contributed by atoms with Gasteiger partial charge in [-0.1, -0.05) is 25.5 Å². The van der Waals surface area contributed by atoms with Crippen LogP contribution in [-0.2, 0) is 6.54 Å². The van der Waals surface area contributed by atoms with E-state index in [0.29, 0.717) is 6.04 Å². The van der Waals surface area contributed by atoms with Crippen LogP contribution in [0, 0.1) is 5.92 Å². The molecule has 3 rings (SSSR count). The third-order valence-electron chi connectivity index (χ3n) is 5.33. The average Bonchev–Trinajstić information content (AvgIpc) is 3.01. The number of likely N-dealkylation sites (tertiary alicyclic amines) is 1. The van der Waals surface area contributed by atoms with Gasteiger partial charge in [0.1, 0.15) is 0 Å². The molecule has 2 nitrogen and oxygen atoms in total. The van der Waals surface area contributed by atoms with Crippen molar-refractivity contribution in [1.82, 2.24) is 4.90 Å². The fraction of sp³-hybridized carbons (Fsp3) is 0.684. The summed E-state index contributed by atoms with van der Waals surface area (Å²) < 4.78 is 0. The van der Waals surface area contributed by atoms with Gasteiger partial charge in [0, 0.05) is 18.3 Å². The van der Waals surface area contributed by atoms with Crippen LogP contribution in [0.3, 0.4) is 0 Å². The Morgan fingerprint density at radius 1 is 1.10 bits per heavy atom. The first-order valence-corrected chi connectivity index (χ1v) is 8.91. The Morgan fingerprint density at radius 2 is 1.86 bits per heavy atom. The lowest BCUT2D eigenvalue weighted by atomic mass is 9.84. The molecule has 1 saturated carbocycles. The van der Waals surface area contributed by atoms with E-state index in [2.05, 4.69) is 41.4 Å². The molecule has 1 aliphatic carbocycles. The second kappa shape index (κ2) is 7.31. The zero-order valence-electron chi connectivity index (χ0n) is 13.5. The lowest BCUT2D eigenvalue weighted by molar-refractivity contribution is 0.329. The molecule has 1 aliphatic heterocycles. The number of benzene rings is 1. The Hall–Kier alpha value is -1.02. The minimum Gasteiger partial charge on any atom is -0.382 e. The van der Waals surface area contributed by atoms with Gasteiger partial charge in [-0.25, -0.2) is 0 Å². The molecule has 0 aromatic heterocycles. The predicted octanol–water partition coefficient (Wildman–Crippen LogP) is 4.66. The van der Waals surface area contributed by atoms with Gasteiger partial charge in [0.25, 0.3) is 0 Å². The van der Waals surface area contributed by atoms with Gasteiger partial charge in [-0.05, 0) is 75.2 Å². The topological polar surface area (TPSA) is 15.3 Å². The van der Waals surface area contributed by atoms with Gasteiger partial charge in [0.2, 0.25) is 0 Å². The van der Waals surface area contributed by atoms with Crippen molar-refractivity contribution in [3.8, 4) is 0 Å². The molecule has 1 N–H and O–H groups in total. The van der Waals surface area contributed by atoms with E-state index in [-0.39, 0.29) is 0 Å². The van der Waals surface area contributed by atoms with Gasteiger partial charge in [-0.2, -0.15) is 0 Å². The van der Waals surface area contributed by atoms with Gasteiger partial charge in [-0.3, -0.25) is 4.90 Å². The maximum atomic E-state index is 3.77. The molecule has 1 aromatic carbocycles. The van der Waals surface area contributed by atoms with Gasteiger partial charge < -0.3 is 5.32 Å². The summed E-state index contributed by atoms with van der Waals surface area (Å²) in [4.78, 5) is 2.57. The van der Waals surface area contributed by atoms with Crippen LogP contribution in [0.1, 0.15) is 57.4 Å². The van der Waals surface area contributed by atoms with E-state index in [0.717, 1.165) is 12.5 Å². The van der Waals surface area contributed by atoms with Crippen molar-refractivity contribution >= 4 is 5.69 Å². The SMILES string of the molecule is CCC1CCC(Nc2cccc(CN3CCCC3)c2)CC1. The normalized spacial score (nSPS) is 26.9. The Labute approximate surface area is 129 Å². The summed E-state index contributed by atoms with van der Waals surface area (Å²) in [6.07, 6.45) is 9.60. The maximum absolute atomic E-state index is 3.77. The average molecular weight is 286 g/mol. The molecule has 1 heterocycles. The molecule has 1 aromatic rings. The molecule has 21 heavy (non-hydrogen) atoms. The van der Waals surface area contributed by atoms with Crippen molar-refractivity contribution in [3.63, 3.8) is 0 Å². The van der Waals surface area contributed by atoms with Crippen LogP contribution in [0.15, 0.2) is 24.3 Å². The highest BCUT2D eigenvalue weighted by Crippen LogP contribution is 2.28. The molecule has 0 atom stereocenters. The minimum absolute atomic E-state index is 0.690. The molecule has 0 unspecified atom stereocenters. The summed E-state index contributed by atoms with van der Waals surface area (Å²) in [5, 5.41) is 3.77. The molecular weight excluding hydrogens is 256 g/mol. The molecule has 116 valence electrons. The van der Waals surface area contributed by atoms with Crippen LogP contribution in [0.5, 0.6) is 0 Å². The van der Waals surface area contributed by atoms with E-state index in [1.807, 2.05) is 0 Å². The molecule has 0 bridgehead atoms. The summed E-state index contributed by atoms with van der Waals surface area (Å²) in [5.41, 5.74) is 2.79. The van der Waals surface area contributed by atoms with Crippen LogP contribution in [0.4, 0.5) is 5.69 Å². The third-order valence-corrected chi connectivity index (χ3v) is 5.33. The van der Waals surface area contributed by atoms with Crippen molar-refractivity contribution in [3.05, 3.63) is 29.8 Å². The van der Waals surface area contributed by atoms with Crippen molar-refractivity contribution in [1.29, 1.82) is 0 Å². The number of nitrogens with zero attached hydrogens (tertiary/aromatic N) is 1. The number of hydrogen-bond donors (Lipinski definition) is 1. The van der Waals surface area contributed by atoms with Gasteiger partial charge >= 0.3 is 0 Å². The summed E-state index contributed by atoms with van der Waals surface area (Å²) in [7, 11) is 0. The lowest BCUT2D eigenvalue weighted by Gasteiger charge is -2.29. The van der Waals surface area contributed by atoms with E-state index >= 15 is 0 Å². The number of nitrogens with one attached hydrogen (secondary N) is 1. The van der Waals surface area contributed by atoms with E-state index < -0.39 is 0 Å². The molecule has 2 fully saturated rings.